The molecule has 108 valence electrons. The normalized spacial score (nSPS) is 19.0. The molecule has 1 aromatic rings. The van der Waals surface area contributed by atoms with E-state index in [1.54, 1.807) is 0 Å². The zero-order chi connectivity index (χ0) is 14.7. The molecule has 5 nitrogen and oxygen atoms in total. The van der Waals surface area contributed by atoms with E-state index in [4.69, 9.17) is 5.26 Å². The Balaban J connectivity index is 1.99. The second kappa shape index (κ2) is 6.10. The number of likely N-dealkylation sites (tertiary alicyclic amines) is 1. The first-order chi connectivity index (χ1) is 9.56. The van der Waals surface area contributed by atoms with Crippen molar-refractivity contribution < 1.29 is 4.79 Å². The number of hydrogen-bond donors (Lipinski definition) is 1. The number of nitrogens with one attached hydrogen (secondary N) is 1. The van der Waals surface area contributed by atoms with E-state index in [1.165, 1.54) is 5.56 Å². The summed E-state index contributed by atoms with van der Waals surface area (Å²) in [5.41, 5.74) is 3.00. The van der Waals surface area contributed by atoms with Crippen LogP contribution in [0.25, 0.3) is 0 Å². The van der Waals surface area contributed by atoms with E-state index in [-0.39, 0.29) is 11.8 Å². The Morgan fingerprint density at radius 3 is 2.95 bits per heavy atom. The maximum absolute atomic E-state index is 11.8. The Hall–Kier alpha value is -1.80. The Bertz CT molecular complexity index is 541. The number of amides is 1. The van der Waals surface area contributed by atoms with Crippen molar-refractivity contribution in [3.05, 3.63) is 23.0 Å². The quantitative estimate of drug-likeness (QED) is 0.896. The van der Waals surface area contributed by atoms with Crippen LogP contribution in [0.2, 0.25) is 0 Å². The summed E-state index contributed by atoms with van der Waals surface area (Å²) in [7, 11) is 1.92. The van der Waals surface area contributed by atoms with E-state index in [2.05, 4.69) is 16.3 Å². The molecule has 1 N–H and O–H groups in total. The van der Waals surface area contributed by atoms with Gasteiger partial charge in [-0.1, -0.05) is 0 Å². The van der Waals surface area contributed by atoms with Gasteiger partial charge < -0.3 is 9.88 Å². The van der Waals surface area contributed by atoms with Crippen LogP contribution >= 0.6 is 0 Å². The van der Waals surface area contributed by atoms with E-state index >= 15 is 0 Å². The van der Waals surface area contributed by atoms with Crippen LogP contribution in [0.3, 0.4) is 0 Å². The molecular weight excluding hydrogens is 252 g/mol. The van der Waals surface area contributed by atoms with E-state index < -0.39 is 0 Å². The summed E-state index contributed by atoms with van der Waals surface area (Å²) in [6.07, 6.45) is 0.919. The average Bonchev–Trinajstić information content (AvgIpc) is 3.00. The topological polar surface area (TPSA) is 61.1 Å². The van der Waals surface area contributed by atoms with Crippen LogP contribution in [0.1, 0.15) is 30.3 Å². The van der Waals surface area contributed by atoms with Crippen molar-refractivity contribution in [2.45, 2.75) is 26.8 Å². The maximum atomic E-state index is 11.8. The van der Waals surface area contributed by atoms with E-state index in [0.717, 1.165) is 31.7 Å². The largest absolute Gasteiger partial charge is 0.356 e. The van der Waals surface area contributed by atoms with Crippen molar-refractivity contribution in [2.75, 3.05) is 19.6 Å². The van der Waals surface area contributed by atoms with Crippen molar-refractivity contribution in [1.29, 1.82) is 5.26 Å². The molecule has 0 saturated carbocycles. The molecule has 0 spiro atoms. The minimum absolute atomic E-state index is 0.106. The Kier molecular flexibility index (Phi) is 4.46. The number of carbonyl (C=O) groups is 1. The van der Waals surface area contributed by atoms with Crippen LogP contribution in [0.15, 0.2) is 6.07 Å². The van der Waals surface area contributed by atoms with Crippen LogP contribution in [0, 0.1) is 24.2 Å². The molecule has 5 heteroatoms. The highest BCUT2D eigenvalue weighted by Gasteiger charge is 2.28. The van der Waals surface area contributed by atoms with Crippen LogP contribution in [-0.4, -0.2) is 35.0 Å². The third kappa shape index (κ3) is 2.86. The molecule has 1 fully saturated rings. The van der Waals surface area contributed by atoms with Gasteiger partial charge in [0.05, 0.1) is 5.92 Å². The predicted octanol–water partition coefficient (Wildman–Crippen LogP) is 1.16. The zero-order valence-electron chi connectivity index (χ0n) is 12.4. The van der Waals surface area contributed by atoms with E-state index in [9.17, 15) is 4.79 Å². The molecule has 0 aromatic carbocycles. The van der Waals surface area contributed by atoms with Gasteiger partial charge in [-0.3, -0.25) is 9.69 Å². The SMILES string of the molecule is CCNC(=O)[C@H]1CCN(Cc2cc(C#N)n(C)c2C)C1. The fourth-order valence-electron chi connectivity index (χ4n) is 2.78. The fourth-order valence-corrected chi connectivity index (χ4v) is 2.78. The molecule has 1 aliphatic heterocycles. The lowest BCUT2D eigenvalue weighted by molar-refractivity contribution is -0.124. The van der Waals surface area contributed by atoms with Gasteiger partial charge in [0.1, 0.15) is 11.8 Å². The molecule has 1 amide bonds. The van der Waals surface area contributed by atoms with E-state index in [0.29, 0.717) is 12.2 Å². The first kappa shape index (κ1) is 14.6. The average molecular weight is 274 g/mol. The van der Waals surface area contributed by atoms with Gasteiger partial charge in [0.25, 0.3) is 0 Å². The standard InChI is InChI=1S/C15H22N4O/c1-4-17-15(20)12-5-6-19(9-12)10-13-7-14(8-16)18(3)11(13)2/h7,12H,4-6,9-10H2,1-3H3,(H,17,20)/t12-/m0/s1. The van der Waals surface area contributed by atoms with Gasteiger partial charge >= 0.3 is 0 Å². The van der Waals surface area contributed by atoms with Gasteiger partial charge in [0.15, 0.2) is 0 Å². The second-order valence-electron chi connectivity index (χ2n) is 5.43. The number of rotatable bonds is 4. The number of carbonyl (C=O) groups excluding carboxylic acids is 1. The van der Waals surface area contributed by atoms with Crippen LogP contribution in [0.4, 0.5) is 0 Å². The lowest BCUT2D eigenvalue weighted by atomic mass is 10.1. The van der Waals surface area contributed by atoms with Gasteiger partial charge in [0.2, 0.25) is 5.91 Å². The van der Waals surface area contributed by atoms with Crippen molar-refractivity contribution in [3.63, 3.8) is 0 Å². The maximum Gasteiger partial charge on any atom is 0.224 e. The fraction of sp³-hybridized carbons (Fsp3) is 0.600. The highest BCUT2D eigenvalue weighted by Crippen LogP contribution is 2.21. The zero-order valence-corrected chi connectivity index (χ0v) is 12.4. The number of hydrogen-bond acceptors (Lipinski definition) is 3. The molecule has 0 bridgehead atoms. The Morgan fingerprint density at radius 2 is 2.35 bits per heavy atom. The number of nitrogens with zero attached hydrogens (tertiary/aromatic N) is 3. The van der Waals surface area contributed by atoms with Gasteiger partial charge in [0, 0.05) is 32.4 Å². The van der Waals surface area contributed by atoms with Crippen LogP contribution in [-0.2, 0) is 18.4 Å². The summed E-state index contributed by atoms with van der Waals surface area (Å²) in [5, 5.41) is 11.9. The molecule has 1 saturated heterocycles. The highest BCUT2D eigenvalue weighted by molar-refractivity contribution is 5.79. The monoisotopic (exact) mass is 274 g/mol. The van der Waals surface area contributed by atoms with Crippen molar-refractivity contribution in [1.82, 2.24) is 14.8 Å². The summed E-state index contributed by atoms with van der Waals surface area (Å²) >= 11 is 0. The van der Waals surface area contributed by atoms with Gasteiger partial charge in [-0.05, 0) is 38.4 Å². The minimum atomic E-state index is 0.106. The summed E-state index contributed by atoms with van der Waals surface area (Å²) in [5.74, 6) is 0.270. The molecule has 1 atom stereocenters. The number of aromatic nitrogens is 1. The molecular formula is C15H22N4O. The molecule has 1 aliphatic rings. The van der Waals surface area contributed by atoms with E-state index in [1.807, 2.05) is 31.5 Å². The Morgan fingerprint density at radius 1 is 1.60 bits per heavy atom. The minimum Gasteiger partial charge on any atom is -0.356 e. The lowest BCUT2D eigenvalue weighted by Gasteiger charge is -2.16. The predicted molar refractivity (Wildman–Crippen MR) is 76.9 cm³/mol. The third-order valence-electron chi connectivity index (χ3n) is 4.14. The van der Waals surface area contributed by atoms with Crippen molar-refractivity contribution in [2.24, 2.45) is 13.0 Å². The summed E-state index contributed by atoms with van der Waals surface area (Å²) in [6.45, 7) is 7.24. The highest BCUT2D eigenvalue weighted by atomic mass is 16.1. The molecule has 20 heavy (non-hydrogen) atoms. The second-order valence-corrected chi connectivity index (χ2v) is 5.43. The van der Waals surface area contributed by atoms with Gasteiger partial charge in [-0.15, -0.1) is 0 Å². The molecule has 2 heterocycles. The van der Waals surface area contributed by atoms with Gasteiger partial charge in [-0.2, -0.15) is 5.26 Å². The lowest BCUT2D eigenvalue weighted by Crippen LogP contribution is -2.32. The summed E-state index contributed by atoms with van der Waals surface area (Å²) < 4.78 is 1.92. The molecule has 2 rings (SSSR count). The van der Waals surface area contributed by atoms with Crippen molar-refractivity contribution >= 4 is 5.91 Å². The third-order valence-corrected chi connectivity index (χ3v) is 4.14. The summed E-state index contributed by atoms with van der Waals surface area (Å²) in [4.78, 5) is 14.1. The van der Waals surface area contributed by atoms with Crippen LogP contribution < -0.4 is 5.32 Å². The van der Waals surface area contributed by atoms with Crippen molar-refractivity contribution in [3.8, 4) is 6.07 Å². The smallest absolute Gasteiger partial charge is 0.224 e. The first-order valence-corrected chi connectivity index (χ1v) is 7.12. The van der Waals surface area contributed by atoms with Gasteiger partial charge in [-0.25, -0.2) is 0 Å². The molecule has 0 unspecified atom stereocenters. The number of nitriles is 1. The Labute approximate surface area is 120 Å². The van der Waals surface area contributed by atoms with Crippen LogP contribution in [0.5, 0.6) is 0 Å². The molecule has 1 aromatic heterocycles. The first-order valence-electron chi connectivity index (χ1n) is 7.12. The summed E-state index contributed by atoms with van der Waals surface area (Å²) in [6, 6.07) is 4.16. The molecule has 0 radical (unpaired) electrons. The molecule has 0 aliphatic carbocycles.